The van der Waals surface area contributed by atoms with E-state index in [1.54, 1.807) is 11.1 Å². The first-order valence-corrected chi connectivity index (χ1v) is 9.92. The molecule has 122 valence electrons. The Kier molecular flexibility index (Phi) is 3.33. The first-order chi connectivity index (χ1) is 11.7. The second kappa shape index (κ2) is 5.44. The highest BCUT2D eigenvalue weighted by Gasteiger charge is 2.36. The Hall–Kier alpha value is -1.64. The lowest BCUT2D eigenvalue weighted by Crippen LogP contribution is -2.33. The van der Waals surface area contributed by atoms with E-state index < -0.39 is 0 Å². The molecule has 2 heterocycles. The molecule has 2 aromatic carbocycles. The number of piperidine rings is 1. The maximum atomic E-state index is 2.74. The van der Waals surface area contributed by atoms with Crippen LogP contribution in [0.4, 0.5) is 0 Å². The molecule has 1 saturated heterocycles. The van der Waals surface area contributed by atoms with E-state index in [4.69, 9.17) is 0 Å². The van der Waals surface area contributed by atoms with Crippen LogP contribution in [-0.4, -0.2) is 18.0 Å². The highest BCUT2D eigenvalue weighted by atomic mass is 32.1. The van der Waals surface area contributed by atoms with Gasteiger partial charge in [-0.05, 0) is 62.4 Å². The Morgan fingerprint density at radius 1 is 0.917 bits per heavy atom. The minimum absolute atomic E-state index is 0.464. The van der Waals surface area contributed by atoms with Crippen molar-refractivity contribution in [2.75, 3.05) is 13.1 Å². The van der Waals surface area contributed by atoms with Gasteiger partial charge in [0.1, 0.15) is 0 Å². The molecule has 1 aliphatic carbocycles. The number of likely N-dealkylation sites (tertiary alicyclic amines) is 1. The Labute approximate surface area is 147 Å². The van der Waals surface area contributed by atoms with Crippen LogP contribution in [0.3, 0.4) is 0 Å². The molecule has 1 unspecified atom stereocenters. The number of hydrogen-bond donors (Lipinski definition) is 0. The van der Waals surface area contributed by atoms with E-state index >= 15 is 0 Å². The summed E-state index contributed by atoms with van der Waals surface area (Å²) in [5.41, 5.74) is 7.35. The zero-order valence-corrected chi connectivity index (χ0v) is 15.2. The van der Waals surface area contributed by atoms with Crippen molar-refractivity contribution in [2.45, 2.75) is 39.2 Å². The fourth-order valence-corrected chi connectivity index (χ4v) is 5.79. The fraction of sp³-hybridized carbons (Fsp3) is 0.364. The second-order valence-electron chi connectivity index (χ2n) is 7.43. The van der Waals surface area contributed by atoms with Gasteiger partial charge in [0.25, 0.3) is 0 Å². The summed E-state index contributed by atoms with van der Waals surface area (Å²) < 4.78 is 1.44. The summed E-state index contributed by atoms with van der Waals surface area (Å²) in [5.74, 6) is 0. The van der Waals surface area contributed by atoms with Crippen LogP contribution >= 0.6 is 11.3 Å². The number of hydrogen-bond acceptors (Lipinski definition) is 2. The topological polar surface area (TPSA) is 3.24 Å². The lowest BCUT2D eigenvalue weighted by Gasteiger charge is -2.33. The molecule has 0 spiro atoms. The summed E-state index contributed by atoms with van der Waals surface area (Å²) in [6.45, 7) is 6.91. The van der Waals surface area contributed by atoms with Crippen LogP contribution in [0.25, 0.3) is 20.5 Å². The second-order valence-corrected chi connectivity index (χ2v) is 8.49. The molecule has 5 rings (SSSR count). The highest BCUT2D eigenvalue weighted by Crippen LogP contribution is 2.54. The smallest absolute Gasteiger partial charge is 0.0629 e. The van der Waals surface area contributed by atoms with Gasteiger partial charge in [-0.15, -0.1) is 11.3 Å². The standard InChI is InChI=1S/C22H23NS/c1-14-6-8-16-17(12-14)21(23-10-4-3-5-11-23)20-18-13-15(2)7-9-19(18)24-22(16)20/h6-9,12-13,21H,3-5,10-11H2,1-2H3. The number of fused-ring (bicyclic) bond motifs is 5. The molecule has 1 nitrogen and oxygen atoms in total. The van der Waals surface area contributed by atoms with Crippen LogP contribution < -0.4 is 0 Å². The van der Waals surface area contributed by atoms with E-state index in [2.05, 4.69) is 55.1 Å². The third-order valence-corrected chi connectivity index (χ3v) is 6.88. The Balaban J connectivity index is 1.78. The van der Waals surface area contributed by atoms with Crippen LogP contribution in [0.1, 0.15) is 47.6 Å². The van der Waals surface area contributed by atoms with Crippen LogP contribution in [-0.2, 0) is 0 Å². The number of aryl methyl sites for hydroxylation is 2. The molecule has 0 radical (unpaired) electrons. The summed E-state index contributed by atoms with van der Waals surface area (Å²) >= 11 is 1.98. The van der Waals surface area contributed by atoms with E-state index in [-0.39, 0.29) is 0 Å². The molecular weight excluding hydrogens is 310 g/mol. The third-order valence-electron chi connectivity index (χ3n) is 5.66. The average Bonchev–Trinajstić information content (AvgIpc) is 3.09. The van der Waals surface area contributed by atoms with Crippen molar-refractivity contribution in [3.8, 4) is 10.4 Å². The van der Waals surface area contributed by atoms with Crippen molar-refractivity contribution in [1.82, 2.24) is 4.90 Å². The third kappa shape index (κ3) is 2.09. The molecule has 2 aliphatic rings. The van der Waals surface area contributed by atoms with Gasteiger partial charge in [-0.3, -0.25) is 4.90 Å². The average molecular weight is 334 g/mol. The van der Waals surface area contributed by atoms with Gasteiger partial charge in [0, 0.05) is 15.1 Å². The van der Waals surface area contributed by atoms with Gasteiger partial charge in [0.05, 0.1) is 6.04 Å². The molecule has 1 aromatic heterocycles. The largest absolute Gasteiger partial charge is 0.292 e. The first kappa shape index (κ1) is 14.7. The molecule has 0 bridgehead atoms. The number of nitrogens with zero attached hydrogens (tertiary/aromatic N) is 1. The SMILES string of the molecule is Cc1ccc2c(c1)C(N1CCCCC1)c1c-2sc2ccc(C)cc12. The minimum Gasteiger partial charge on any atom is -0.292 e. The predicted octanol–water partition coefficient (Wildman–Crippen LogP) is 6.07. The van der Waals surface area contributed by atoms with Crippen molar-refractivity contribution in [3.63, 3.8) is 0 Å². The number of rotatable bonds is 1. The van der Waals surface area contributed by atoms with Crippen molar-refractivity contribution >= 4 is 21.4 Å². The molecular formula is C22H23NS. The maximum Gasteiger partial charge on any atom is 0.0629 e. The molecule has 1 fully saturated rings. The van der Waals surface area contributed by atoms with Crippen LogP contribution in [0, 0.1) is 13.8 Å². The molecule has 2 heteroatoms. The van der Waals surface area contributed by atoms with E-state index in [0.717, 1.165) is 0 Å². The number of benzene rings is 2. The van der Waals surface area contributed by atoms with Gasteiger partial charge in [0.15, 0.2) is 0 Å². The van der Waals surface area contributed by atoms with Gasteiger partial charge in [-0.25, -0.2) is 0 Å². The van der Waals surface area contributed by atoms with E-state index in [0.29, 0.717) is 6.04 Å². The van der Waals surface area contributed by atoms with E-state index in [9.17, 15) is 0 Å². The van der Waals surface area contributed by atoms with Crippen molar-refractivity contribution in [2.24, 2.45) is 0 Å². The fourth-order valence-electron chi connectivity index (χ4n) is 4.53. The monoisotopic (exact) mass is 333 g/mol. The zero-order chi connectivity index (χ0) is 16.3. The van der Waals surface area contributed by atoms with E-state index in [1.165, 1.54) is 64.0 Å². The molecule has 0 saturated carbocycles. The van der Waals surface area contributed by atoms with Crippen molar-refractivity contribution in [3.05, 3.63) is 58.7 Å². The van der Waals surface area contributed by atoms with Crippen LogP contribution in [0.2, 0.25) is 0 Å². The summed E-state index contributed by atoms with van der Waals surface area (Å²) in [5, 5.41) is 1.49. The normalized spacial score (nSPS) is 20.3. The van der Waals surface area contributed by atoms with Gasteiger partial charge in [-0.1, -0.05) is 47.9 Å². The van der Waals surface area contributed by atoms with Gasteiger partial charge >= 0.3 is 0 Å². The Morgan fingerprint density at radius 2 is 1.67 bits per heavy atom. The van der Waals surface area contributed by atoms with Gasteiger partial charge < -0.3 is 0 Å². The summed E-state index contributed by atoms with van der Waals surface area (Å²) in [6, 6.07) is 14.5. The summed E-state index contributed by atoms with van der Waals surface area (Å²) in [7, 11) is 0. The van der Waals surface area contributed by atoms with Gasteiger partial charge in [0.2, 0.25) is 0 Å². The highest BCUT2D eigenvalue weighted by molar-refractivity contribution is 7.22. The molecule has 1 aliphatic heterocycles. The van der Waals surface area contributed by atoms with Crippen LogP contribution in [0.15, 0.2) is 36.4 Å². The molecule has 24 heavy (non-hydrogen) atoms. The quantitative estimate of drug-likeness (QED) is 0.522. The van der Waals surface area contributed by atoms with Crippen molar-refractivity contribution in [1.29, 1.82) is 0 Å². The van der Waals surface area contributed by atoms with E-state index in [1.807, 2.05) is 11.3 Å². The van der Waals surface area contributed by atoms with Crippen LogP contribution in [0.5, 0.6) is 0 Å². The Morgan fingerprint density at radius 3 is 2.50 bits per heavy atom. The summed E-state index contributed by atoms with van der Waals surface area (Å²) in [6.07, 6.45) is 4.07. The minimum atomic E-state index is 0.464. The van der Waals surface area contributed by atoms with Crippen molar-refractivity contribution < 1.29 is 0 Å². The summed E-state index contributed by atoms with van der Waals surface area (Å²) in [4.78, 5) is 4.25. The zero-order valence-electron chi connectivity index (χ0n) is 14.4. The Bertz CT molecular complexity index is 931. The lowest BCUT2D eigenvalue weighted by atomic mass is 9.97. The molecule has 1 atom stereocenters. The molecule has 0 amide bonds. The maximum absolute atomic E-state index is 2.74. The number of thiophene rings is 1. The molecule has 0 N–H and O–H groups in total. The van der Waals surface area contributed by atoms with Gasteiger partial charge in [-0.2, -0.15) is 0 Å². The lowest BCUT2D eigenvalue weighted by molar-refractivity contribution is 0.191. The predicted molar refractivity (Wildman–Crippen MR) is 104 cm³/mol. The molecule has 3 aromatic rings. The first-order valence-electron chi connectivity index (χ1n) is 9.10.